The number of nitrogens with zero attached hydrogens (tertiary/aromatic N) is 2. The topological polar surface area (TPSA) is 81.2 Å². The molecule has 0 unspecified atom stereocenters. The number of aromatic nitrogens is 2. The molecule has 0 aliphatic heterocycles. The summed E-state index contributed by atoms with van der Waals surface area (Å²) in [5, 5.41) is 2.67. The van der Waals surface area contributed by atoms with Crippen molar-refractivity contribution in [2.75, 3.05) is 11.9 Å². The highest BCUT2D eigenvalue weighted by molar-refractivity contribution is 5.94. The Morgan fingerprint density at radius 3 is 2.39 bits per heavy atom. The Morgan fingerprint density at radius 2 is 1.83 bits per heavy atom. The van der Waals surface area contributed by atoms with Crippen LogP contribution in [0.2, 0.25) is 0 Å². The van der Waals surface area contributed by atoms with E-state index >= 15 is 0 Å². The quantitative estimate of drug-likeness (QED) is 0.858. The van der Waals surface area contributed by atoms with E-state index in [1.165, 1.54) is 18.0 Å². The van der Waals surface area contributed by atoms with E-state index in [4.69, 9.17) is 4.74 Å². The van der Waals surface area contributed by atoms with Gasteiger partial charge in [0.2, 0.25) is 0 Å². The maximum atomic E-state index is 11.8. The monoisotopic (exact) mass is 313 g/mol. The van der Waals surface area contributed by atoms with Crippen molar-refractivity contribution < 1.29 is 14.3 Å². The van der Waals surface area contributed by atoms with Gasteiger partial charge in [-0.15, -0.1) is 0 Å². The van der Waals surface area contributed by atoms with Crippen LogP contribution in [0.25, 0.3) is 0 Å². The predicted octanol–water partition coefficient (Wildman–Crippen LogP) is 2.70. The molecule has 6 nitrogen and oxygen atoms in total. The zero-order chi connectivity index (χ0) is 16.8. The molecule has 0 saturated heterocycles. The molecule has 0 aliphatic rings. The van der Waals surface area contributed by atoms with Crippen LogP contribution >= 0.6 is 0 Å². The molecule has 2 aromatic rings. The maximum absolute atomic E-state index is 11.8. The summed E-state index contributed by atoms with van der Waals surface area (Å²) >= 11 is 0. The number of rotatable bonds is 5. The summed E-state index contributed by atoms with van der Waals surface area (Å²) < 4.78 is 4.91. The van der Waals surface area contributed by atoms with Gasteiger partial charge >= 0.3 is 5.97 Å². The summed E-state index contributed by atoms with van der Waals surface area (Å²) in [6.07, 6.45) is 2.78. The van der Waals surface area contributed by atoms with Crippen molar-refractivity contribution in [1.82, 2.24) is 9.97 Å². The number of amides is 1. The van der Waals surface area contributed by atoms with Gasteiger partial charge in [-0.05, 0) is 30.5 Å². The lowest BCUT2D eigenvalue weighted by Gasteiger charge is -2.08. The van der Waals surface area contributed by atoms with Crippen molar-refractivity contribution in [3.05, 3.63) is 53.6 Å². The molecule has 2 rings (SSSR count). The van der Waals surface area contributed by atoms with Crippen LogP contribution in [-0.4, -0.2) is 28.5 Å². The number of esters is 1. The van der Waals surface area contributed by atoms with Gasteiger partial charge in [-0.3, -0.25) is 9.78 Å². The molecule has 0 radical (unpaired) electrons. The Bertz CT molecular complexity index is 679. The highest BCUT2D eigenvalue weighted by Crippen LogP contribution is 2.17. The summed E-state index contributed by atoms with van der Waals surface area (Å²) in [5.74, 6) is -0.658. The summed E-state index contributed by atoms with van der Waals surface area (Å²) in [6, 6.07) is 7.55. The minimum absolute atomic E-state index is 0.0738. The third-order valence-corrected chi connectivity index (χ3v) is 3.19. The number of carbonyl (C=O) groups excluding carboxylic acids is 2. The van der Waals surface area contributed by atoms with Gasteiger partial charge in [0.25, 0.3) is 5.91 Å². The average Bonchev–Trinajstić information content (AvgIpc) is 2.54. The van der Waals surface area contributed by atoms with E-state index in [0.717, 1.165) is 0 Å². The van der Waals surface area contributed by atoms with E-state index in [9.17, 15) is 9.59 Å². The molecule has 0 saturated carbocycles. The van der Waals surface area contributed by atoms with Crippen LogP contribution in [0.3, 0.4) is 0 Å². The number of hydrogen-bond acceptors (Lipinski definition) is 5. The van der Waals surface area contributed by atoms with Gasteiger partial charge in [-0.2, -0.15) is 0 Å². The van der Waals surface area contributed by atoms with Crippen LogP contribution in [0.4, 0.5) is 5.69 Å². The summed E-state index contributed by atoms with van der Waals surface area (Å²) in [6.45, 7) is 5.59. The minimum atomic E-state index is -0.678. The van der Waals surface area contributed by atoms with Crippen molar-refractivity contribution >= 4 is 17.6 Å². The van der Waals surface area contributed by atoms with E-state index in [1.54, 1.807) is 6.92 Å². The van der Waals surface area contributed by atoms with Crippen LogP contribution < -0.4 is 5.32 Å². The average molecular weight is 313 g/mol. The van der Waals surface area contributed by atoms with Gasteiger partial charge in [0, 0.05) is 11.9 Å². The number of hydrogen-bond donors (Lipinski definition) is 1. The summed E-state index contributed by atoms with van der Waals surface area (Å²) in [4.78, 5) is 31.4. The van der Waals surface area contributed by atoms with Crippen LogP contribution in [-0.2, 0) is 9.53 Å². The van der Waals surface area contributed by atoms with E-state index in [2.05, 4.69) is 29.1 Å². The normalized spacial score (nSPS) is 10.4. The molecule has 1 aromatic heterocycles. The molecule has 1 heterocycles. The Labute approximate surface area is 134 Å². The van der Waals surface area contributed by atoms with Crippen molar-refractivity contribution in [1.29, 1.82) is 0 Å². The fourth-order valence-electron chi connectivity index (χ4n) is 1.85. The maximum Gasteiger partial charge on any atom is 0.359 e. The molecule has 6 heteroatoms. The zero-order valence-electron chi connectivity index (χ0n) is 13.4. The third-order valence-electron chi connectivity index (χ3n) is 3.19. The number of carbonyl (C=O) groups is 2. The fourth-order valence-corrected chi connectivity index (χ4v) is 1.85. The van der Waals surface area contributed by atoms with Gasteiger partial charge in [-0.25, -0.2) is 9.78 Å². The van der Waals surface area contributed by atoms with Gasteiger partial charge < -0.3 is 10.1 Å². The lowest BCUT2D eigenvalue weighted by Crippen LogP contribution is -2.21. The van der Waals surface area contributed by atoms with E-state index < -0.39 is 11.9 Å². The Hall–Kier alpha value is -2.76. The predicted molar refractivity (Wildman–Crippen MR) is 86.2 cm³/mol. The largest absolute Gasteiger partial charge is 0.451 e. The molecule has 23 heavy (non-hydrogen) atoms. The second-order valence-electron chi connectivity index (χ2n) is 5.44. The zero-order valence-corrected chi connectivity index (χ0v) is 13.4. The molecular weight excluding hydrogens is 294 g/mol. The van der Waals surface area contributed by atoms with Crippen molar-refractivity contribution in [2.24, 2.45) is 0 Å². The molecular formula is C17H19N3O3. The molecule has 0 bridgehead atoms. The van der Waals surface area contributed by atoms with Crippen LogP contribution in [0.15, 0.2) is 36.7 Å². The molecule has 0 spiro atoms. The second kappa shape index (κ2) is 7.49. The lowest BCUT2D eigenvalue weighted by atomic mass is 10.0. The number of benzene rings is 1. The molecule has 120 valence electrons. The SMILES string of the molecule is Cc1cnc(C(=O)OCC(=O)Nc2ccc(C(C)C)cc2)cn1. The molecule has 1 N–H and O–H groups in total. The van der Waals surface area contributed by atoms with Gasteiger partial charge in [0.1, 0.15) is 0 Å². The van der Waals surface area contributed by atoms with Crippen LogP contribution in [0.1, 0.15) is 41.5 Å². The van der Waals surface area contributed by atoms with E-state index in [-0.39, 0.29) is 12.3 Å². The molecule has 0 aliphatic carbocycles. The first kappa shape index (κ1) is 16.6. The number of aryl methyl sites for hydroxylation is 1. The number of anilines is 1. The lowest BCUT2D eigenvalue weighted by molar-refractivity contribution is -0.119. The molecule has 1 aromatic carbocycles. The van der Waals surface area contributed by atoms with E-state index in [0.29, 0.717) is 17.3 Å². The molecule has 1 amide bonds. The fraction of sp³-hybridized carbons (Fsp3) is 0.294. The first-order chi connectivity index (χ1) is 11.0. The Morgan fingerprint density at radius 1 is 1.13 bits per heavy atom. The molecule has 0 atom stereocenters. The van der Waals surface area contributed by atoms with Crippen LogP contribution in [0.5, 0.6) is 0 Å². The minimum Gasteiger partial charge on any atom is -0.451 e. The number of ether oxygens (including phenoxy) is 1. The van der Waals surface area contributed by atoms with Crippen molar-refractivity contribution in [3.63, 3.8) is 0 Å². The molecule has 0 fully saturated rings. The van der Waals surface area contributed by atoms with Gasteiger partial charge in [-0.1, -0.05) is 26.0 Å². The first-order valence-electron chi connectivity index (χ1n) is 7.31. The van der Waals surface area contributed by atoms with Crippen molar-refractivity contribution in [2.45, 2.75) is 26.7 Å². The first-order valence-corrected chi connectivity index (χ1v) is 7.31. The van der Waals surface area contributed by atoms with E-state index in [1.807, 2.05) is 24.3 Å². The third kappa shape index (κ3) is 4.88. The van der Waals surface area contributed by atoms with Gasteiger partial charge in [0.15, 0.2) is 12.3 Å². The number of nitrogens with one attached hydrogen (secondary N) is 1. The smallest absolute Gasteiger partial charge is 0.359 e. The van der Waals surface area contributed by atoms with Crippen molar-refractivity contribution in [3.8, 4) is 0 Å². The second-order valence-corrected chi connectivity index (χ2v) is 5.44. The highest BCUT2D eigenvalue weighted by atomic mass is 16.5. The standard InChI is InChI=1S/C17H19N3O3/c1-11(2)13-4-6-14(7-5-13)20-16(21)10-23-17(22)15-9-18-12(3)8-19-15/h4-9,11H,10H2,1-3H3,(H,20,21). The summed E-state index contributed by atoms with van der Waals surface area (Å²) in [5.41, 5.74) is 2.62. The highest BCUT2D eigenvalue weighted by Gasteiger charge is 2.12. The van der Waals surface area contributed by atoms with Gasteiger partial charge in [0.05, 0.1) is 11.9 Å². The Balaban J connectivity index is 1.85. The van der Waals surface area contributed by atoms with Crippen LogP contribution in [0, 0.1) is 6.92 Å². The summed E-state index contributed by atoms with van der Waals surface area (Å²) in [7, 11) is 0. The Kier molecular flexibility index (Phi) is 5.41.